The van der Waals surface area contributed by atoms with Gasteiger partial charge in [-0.05, 0) is 61.0 Å². The number of aromatic carboxylic acids is 1. The number of carboxylic acids is 1. The van der Waals surface area contributed by atoms with E-state index in [0.717, 1.165) is 11.3 Å². The summed E-state index contributed by atoms with van der Waals surface area (Å²) in [6, 6.07) is 17.3. The fourth-order valence-corrected chi connectivity index (χ4v) is 3.85. The molecule has 0 spiro atoms. The Morgan fingerprint density at radius 1 is 1.07 bits per heavy atom. The van der Waals surface area contributed by atoms with E-state index >= 15 is 0 Å². The van der Waals surface area contributed by atoms with Crippen LogP contribution in [0.1, 0.15) is 28.6 Å². The van der Waals surface area contributed by atoms with Gasteiger partial charge in [0, 0.05) is 6.54 Å². The van der Waals surface area contributed by atoms with Gasteiger partial charge in [0.15, 0.2) is 0 Å². The van der Waals surface area contributed by atoms with Crippen molar-refractivity contribution in [1.82, 2.24) is 4.31 Å². The van der Waals surface area contributed by atoms with Gasteiger partial charge >= 0.3 is 5.97 Å². The van der Waals surface area contributed by atoms with Gasteiger partial charge in [0.05, 0.1) is 29.9 Å². The van der Waals surface area contributed by atoms with Crippen LogP contribution in [-0.4, -0.2) is 26.2 Å². The monoisotopic (exact) mass is 399 g/mol. The van der Waals surface area contributed by atoms with E-state index in [0.29, 0.717) is 30.4 Å². The van der Waals surface area contributed by atoms with E-state index in [2.05, 4.69) is 0 Å². The lowest BCUT2D eigenvalue weighted by Gasteiger charge is -2.20. The Morgan fingerprint density at radius 2 is 1.79 bits per heavy atom. The number of carboxylic acid groups (broad SMARTS) is 1. The molecular weight excluding hydrogens is 378 g/mol. The summed E-state index contributed by atoms with van der Waals surface area (Å²) in [4.78, 5) is 11.6. The van der Waals surface area contributed by atoms with Gasteiger partial charge in [0.25, 0.3) is 0 Å². The molecular formula is C21H21NO5S. The molecule has 3 rings (SSSR count). The van der Waals surface area contributed by atoms with Crippen molar-refractivity contribution in [1.29, 1.82) is 0 Å². The molecule has 0 bridgehead atoms. The largest absolute Gasteiger partial charge is 0.494 e. The molecule has 0 aliphatic carbocycles. The summed E-state index contributed by atoms with van der Waals surface area (Å²) >= 11 is 0. The summed E-state index contributed by atoms with van der Waals surface area (Å²) in [7, 11) is -1.49. The highest BCUT2D eigenvalue weighted by Gasteiger charge is 2.18. The first-order chi connectivity index (χ1) is 13.6. The SMILES string of the molecule is CCOc1ccc(CN(Cc2ccco2)S(=O)c2ccc(C(=O)O)cc2)cc1. The van der Waals surface area contributed by atoms with Crippen molar-refractivity contribution >= 4 is 17.0 Å². The van der Waals surface area contributed by atoms with Gasteiger partial charge in [-0.15, -0.1) is 0 Å². The van der Waals surface area contributed by atoms with Crippen LogP contribution in [0.5, 0.6) is 5.75 Å². The third kappa shape index (κ3) is 5.09. The van der Waals surface area contributed by atoms with Gasteiger partial charge in [-0.3, -0.25) is 0 Å². The van der Waals surface area contributed by atoms with Crippen LogP contribution in [0.4, 0.5) is 0 Å². The van der Waals surface area contributed by atoms with Crippen LogP contribution in [0.25, 0.3) is 0 Å². The van der Waals surface area contributed by atoms with Crippen molar-refractivity contribution in [3.8, 4) is 5.75 Å². The molecule has 28 heavy (non-hydrogen) atoms. The first kappa shape index (κ1) is 19.9. The van der Waals surface area contributed by atoms with Crippen LogP contribution in [0, 0.1) is 0 Å². The molecule has 0 fully saturated rings. The standard InChI is InChI=1S/C21H21NO5S/c1-2-26-18-9-5-16(6-10-18)14-22(15-19-4-3-13-27-19)28(25)20-11-7-17(8-12-20)21(23)24/h3-13H,2,14-15H2,1H3,(H,23,24). The topological polar surface area (TPSA) is 80.0 Å². The van der Waals surface area contributed by atoms with Crippen molar-refractivity contribution in [2.75, 3.05) is 6.61 Å². The number of benzene rings is 2. The Hall–Kier alpha value is -2.90. The molecule has 1 atom stereocenters. The molecule has 1 N–H and O–H groups in total. The average molecular weight is 399 g/mol. The van der Waals surface area contributed by atoms with E-state index in [1.54, 1.807) is 28.8 Å². The van der Waals surface area contributed by atoms with Gasteiger partial charge in [-0.1, -0.05) is 12.1 Å². The maximum Gasteiger partial charge on any atom is 0.335 e. The van der Waals surface area contributed by atoms with Gasteiger partial charge in [0.2, 0.25) is 0 Å². The maximum absolute atomic E-state index is 13.1. The van der Waals surface area contributed by atoms with Gasteiger partial charge < -0.3 is 14.3 Å². The Morgan fingerprint density at radius 3 is 2.36 bits per heavy atom. The summed E-state index contributed by atoms with van der Waals surface area (Å²) < 4.78 is 25.8. The second-order valence-corrected chi connectivity index (χ2v) is 7.52. The zero-order chi connectivity index (χ0) is 19.9. The van der Waals surface area contributed by atoms with Crippen LogP contribution in [0.15, 0.2) is 76.2 Å². The Bertz CT molecular complexity index is 920. The Kier molecular flexibility index (Phi) is 6.62. The van der Waals surface area contributed by atoms with E-state index in [1.807, 2.05) is 37.3 Å². The number of nitrogens with zero attached hydrogens (tertiary/aromatic N) is 1. The first-order valence-corrected chi connectivity index (χ1v) is 9.92. The van der Waals surface area contributed by atoms with E-state index in [-0.39, 0.29) is 5.56 Å². The number of ether oxygens (including phenoxy) is 1. The molecule has 6 nitrogen and oxygen atoms in total. The fraction of sp³-hybridized carbons (Fsp3) is 0.190. The number of carbonyl (C=O) groups is 1. The van der Waals surface area contributed by atoms with E-state index in [9.17, 15) is 9.00 Å². The van der Waals surface area contributed by atoms with E-state index in [1.165, 1.54) is 12.1 Å². The Balaban J connectivity index is 1.81. The lowest BCUT2D eigenvalue weighted by molar-refractivity contribution is 0.0697. The van der Waals surface area contributed by atoms with Crippen molar-refractivity contribution in [2.45, 2.75) is 24.9 Å². The highest BCUT2D eigenvalue weighted by atomic mass is 32.2. The molecule has 1 unspecified atom stereocenters. The molecule has 0 amide bonds. The molecule has 1 heterocycles. The van der Waals surface area contributed by atoms with Crippen molar-refractivity contribution in [3.05, 3.63) is 83.8 Å². The maximum atomic E-state index is 13.1. The minimum atomic E-state index is -1.49. The third-order valence-electron chi connectivity index (χ3n) is 4.04. The van der Waals surface area contributed by atoms with Gasteiger partial charge in [-0.2, -0.15) is 0 Å². The van der Waals surface area contributed by atoms with E-state index in [4.69, 9.17) is 14.3 Å². The van der Waals surface area contributed by atoms with Crippen LogP contribution >= 0.6 is 0 Å². The smallest absolute Gasteiger partial charge is 0.335 e. The number of hydrogen-bond acceptors (Lipinski definition) is 4. The van der Waals surface area contributed by atoms with Crippen molar-refractivity contribution in [2.24, 2.45) is 0 Å². The Labute approximate surface area is 166 Å². The molecule has 146 valence electrons. The molecule has 0 saturated heterocycles. The first-order valence-electron chi connectivity index (χ1n) is 8.81. The molecule has 1 aromatic heterocycles. The quantitative estimate of drug-likeness (QED) is 0.586. The zero-order valence-corrected chi connectivity index (χ0v) is 16.2. The predicted octanol–water partition coefficient (Wildman–Crippen LogP) is 4.10. The summed E-state index contributed by atoms with van der Waals surface area (Å²) in [5, 5.41) is 9.04. The molecule has 0 aliphatic heterocycles. The summed E-state index contributed by atoms with van der Waals surface area (Å²) in [6.45, 7) is 3.31. The number of furan rings is 1. The lowest BCUT2D eigenvalue weighted by atomic mass is 10.2. The number of rotatable bonds is 9. The number of hydrogen-bond donors (Lipinski definition) is 1. The summed E-state index contributed by atoms with van der Waals surface area (Å²) in [6.07, 6.45) is 1.58. The van der Waals surface area contributed by atoms with Crippen molar-refractivity contribution < 1.29 is 23.3 Å². The average Bonchev–Trinajstić information content (AvgIpc) is 3.22. The molecule has 2 aromatic carbocycles. The molecule has 3 aromatic rings. The fourth-order valence-electron chi connectivity index (χ4n) is 2.67. The summed E-state index contributed by atoms with van der Waals surface area (Å²) in [5.74, 6) is 0.467. The van der Waals surface area contributed by atoms with Crippen LogP contribution < -0.4 is 4.74 Å². The van der Waals surface area contributed by atoms with Crippen LogP contribution in [-0.2, 0) is 24.1 Å². The van der Waals surface area contributed by atoms with E-state index < -0.39 is 17.0 Å². The third-order valence-corrected chi connectivity index (χ3v) is 5.45. The van der Waals surface area contributed by atoms with Crippen molar-refractivity contribution in [3.63, 3.8) is 0 Å². The molecule has 0 saturated carbocycles. The minimum Gasteiger partial charge on any atom is -0.494 e. The zero-order valence-electron chi connectivity index (χ0n) is 15.4. The molecule has 7 heteroatoms. The predicted molar refractivity (Wildman–Crippen MR) is 105 cm³/mol. The molecule has 0 aliphatic rings. The lowest BCUT2D eigenvalue weighted by Crippen LogP contribution is -2.25. The minimum absolute atomic E-state index is 0.157. The molecule has 0 radical (unpaired) electrons. The van der Waals surface area contributed by atoms with Crippen LogP contribution in [0.2, 0.25) is 0 Å². The normalized spacial score (nSPS) is 12.1. The second kappa shape index (κ2) is 9.34. The van der Waals surface area contributed by atoms with Crippen LogP contribution in [0.3, 0.4) is 0 Å². The highest BCUT2D eigenvalue weighted by molar-refractivity contribution is 7.82. The highest BCUT2D eigenvalue weighted by Crippen LogP contribution is 2.20. The summed E-state index contributed by atoms with van der Waals surface area (Å²) in [5.41, 5.74) is 1.13. The van der Waals surface area contributed by atoms with Gasteiger partial charge in [-0.25, -0.2) is 13.3 Å². The van der Waals surface area contributed by atoms with Gasteiger partial charge in [0.1, 0.15) is 22.5 Å². The second-order valence-electron chi connectivity index (χ2n) is 6.03.